The van der Waals surface area contributed by atoms with E-state index in [4.69, 9.17) is 5.11 Å². The lowest BCUT2D eigenvalue weighted by molar-refractivity contribution is -0.146. The van der Waals surface area contributed by atoms with Gasteiger partial charge < -0.3 is 10.4 Å². The third-order valence-corrected chi connectivity index (χ3v) is 3.88. The molecule has 0 spiro atoms. The number of rotatable bonds is 5. The maximum atomic E-state index is 12.3. The average Bonchev–Trinajstić information content (AvgIpc) is 2.35. The van der Waals surface area contributed by atoms with E-state index in [1.165, 1.54) is 0 Å². The Balaban J connectivity index is 2.83. The van der Waals surface area contributed by atoms with Crippen LogP contribution in [0.5, 0.6) is 0 Å². The molecule has 0 aliphatic carbocycles. The predicted molar refractivity (Wildman–Crippen MR) is 81.6 cm³/mol. The second-order valence-corrected chi connectivity index (χ2v) is 6.92. The van der Waals surface area contributed by atoms with Gasteiger partial charge in [-0.2, -0.15) is 0 Å². The molecule has 0 radical (unpaired) electrons. The molecule has 4 nitrogen and oxygen atoms in total. The summed E-state index contributed by atoms with van der Waals surface area (Å²) in [6.45, 7) is 6.90. The number of amides is 1. The molecule has 20 heavy (non-hydrogen) atoms. The summed E-state index contributed by atoms with van der Waals surface area (Å²) in [5.74, 6) is -1.12. The van der Waals surface area contributed by atoms with Crippen molar-refractivity contribution in [2.24, 2.45) is 5.41 Å². The quantitative estimate of drug-likeness (QED) is 0.865. The summed E-state index contributed by atoms with van der Waals surface area (Å²) in [5, 5.41) is 11.8. The summed E-state index contributed by atoms with van der Waals surface area (Å²) in [7, 11) is 0. The standard InChI is InChI=1S/C15H20BrNO3/c1-14(2,13(19)20)9-17-12(18)15(3,4)10-6-5-7-11(16)8-10/h5-8H,9H2,1-4H3,(H,17,18)(H,19,20). The monoisotopic (exact) mass is 341 g/mol. The fourth-order valence-corrected chi connectivity index (χ4v) is 2.01. The number of carbonyl (C=O) groups excluding carboxylic acids is 1. The van der Waals surface area contributed by atoms with Crippen LogP contribution in [0.3, 0.4) is 0 Å². The predicted octanol–water partition coefficient (Wildman–Crippen LogP) is 2.95. The Morgan fingerprint density at radius 1 is 1.25 bits per heavy atom. The number of nitrogens with one attached hydrogen (secondary N) is 1. The van der Waals surface area contributed by atoms with Crippen molar-refractivity contribution in [2.45, 2.75) is 33.1 Å². The SMILES string of the molecule is CC(C)(CNC(=O)C(C)(C)c1cccc(Br)c1)C(=O)O. The first-order valence-electron chi connectivity index (χ1n) is 6.35. The molecule has 1 rings (SSSR count). The van der Waals surface area contributed by atoms with Crippen molar-refractivity contribution in [3.8, 4) is 0 Å². The van der Waals surface area contributed by atoms with E-state index in [0.29, 0.717) is 0 Å². The summed E-state index contributed by atoms with van der Waals surface area (Å²) in [4.78, 5) is 23.4. The highest BCUT2D eigenvalue weighted by Gasteiger charge is 2.33. The number of carbonyl (C=O) groups is 2. The van der Waals surface area contributed by atoms with Crippen molar-refractivity contribution in [1.29, 1.82) is 0 Å². The Bertz CT molecular complexity index is 524. The van der Waals surface area contributed by atoms with Gasteiger partial charge in [-0.05, 0) is 45.4 Å². The Hall–Kier alpha value is -1.36. The van der Waals surface area contributed by atoms with E-state index in [9.17, 15) is 9.59 Å². The van der Waals surface area contributed by atoms with Gasteiger partial charge in [-0.3, -0.25) is 9.59 Å². The summed E-state index contributed by atoms with van der Waals surface area (Å²) >= 11 is 3.38. The average molecular weight is 342 g/mol. The van der Waals surface area contributed by atoms with Crippen molar-refractivity contribution in [1.82, 2.24) is 5.32 Å². The van der Waals surface area contributed by atoms with Gasteiger partial charge in [0.2, 0.25) is 5.91 Å². The molecule has 0 unspecified atom stereocenters. The smallest absolute Gasteiger partial charge is 0.310 e. The van der Waals surface area contributed by atoms with E-state index in [1.807, 2.05) is 38.1 Å². The fraction of sp³-hybridized carbons (Fsp3) is 0.467. The number of hydrogen-bond donors (Lipinski definition) is 2. The van der Waals surface area contributed by atoms with Gasteiger partial charge in [-0.1, -0.05) is 28.1 Å². The second kappa shape index (κ2) is 5.95. The number of aliphatic carboxylic acids is 1. The van der Waals surface area contributed by atoms with Crippen LogP contribution in [0.25, 0.3) is 0 Å². The van der Waals surface area contributed by atoms with Crippen LogP contribution in [-0.2, 0) is 15.0 Å². The van der Waals surface area contributed by atoms with Crippen molar-refractivity contribution in [3.63, 3.8) is 0 Å². The molecular formula is C15H20BrNO3. The molecule has 1 aromatic rings. The van der Waals surface area contributed by atoms with Crippen LogP contribution in [0.4, 0.5) is 0 Å². The molecular weight excluding hydrogens is 322 g/mol. The summed E-state index contributed by atoms with van der Waals surface area (Å²) in [5.41, 5.74) is -0.834. The maximum Gasteiger partial charge on any atom is 0.310 e. The van der Waals surface area contributed by atoms with Crippen LogP contribution in [0.1, 0.15) is 33.3 Å². The summed E-state index contributed by atoms with van der Waals surface area (Å²) in [6, 6.07) is 7.54. The Kier molecular flexibility index (Phi) is 4.97. The van der Waals surface area contributed by atoms with E-state index in [0.717, 1.165) is 10.0 Å². The van der Waals surface area contributed by atoms with Gasteiger partial charge in [0, 0.05) is 11.0 Å². The van der Waals surface area contributed by atoms with Gasteiger partial charge in [-0.15, -0.1) is 0 Å². The minimum Gasteiger partial charge on any atom is -0.481 e. The zero-order valence-electron chi connectivity index (χ0n) is 12.2. The molecule has 0 saturated heterocycles. The number of benzene rings is 1. The molecule has 0 atom stereocenters. The normalized spacial score (nSPS) is 12.1. The molecule has 0 heterocycles. The number of carboxylic acid groups (broad SMARTS) is 1. The minimum atomic E-state index is -0.983. The third kappa shape index (κ3) is 3.82. The van der Waals surface area contributed by atoms with E-state index in [1.54, 1.807) is 13.8 Å². The zero-order chi connectivity index (χ0) is 15.6. The molecule has 1 aromatic carbocycles. The molecule has 5 heteroatoms. The van der Waals surface area contributed by atoms with Crippen molar-refractivity contribution >= 4 is 27.8 Å². The first-order chi connectivity index (χ1) is 9.07. The van der Waals surface area contributed by atoms with Crippen LogP contribution >= 0.6 is 15.9 Å². The lowest BCUT2D eigenvalue weighted by Gasteiger charge is -2.27. The number of hydrogen-bond acceptors (Lipinski definition) is 2. The fourth-order valence-electron chi connectivity index (χ4n) is 1.61. The number of carboxylic acids is 1. The van der Waals surface area contributed by atoms with E-state index >= 15 is 0 Å². The Morgan fingerprint density at radius 3 is 2.35 bits per heavy atom. The Labute approximate surface area is 127 Å². The molecule has 110 valence electrons. The van der Waals surface area contributed by atoms with Crippen molar-refractivity contribution in [2.75, 3.05) is 6.54 Å². The van der Waals surface area contributed by atoms with Gasteiger partial charge >= 0.3 is 5.97 Å². The van der Waals surface area contributed by atoms with Crippen LogP contribution in [0.2, 0.25) is 0 Å². The molecule has 0 saturated carbocycles. The largest absolute Gasteiger partial charge is 0.481 e. The number of halogens is 1. The summed E-state index contributed by atoms with van der Waals surface area (Å²) < 4.78 is 0.904. The highest BCUT2D eigenvalue weighted by molar-refractivity contribution is 9.10. The minimum absolute atomic E-state index is 0.0958. The first kappa shape index (κ1) is 16.7. The van der Waals surface area contributed by atoms with Gasteiger partial charge in [0.1, 0.15) is 0 Å². The van der Waals surface area contributed by atoms with E-state index in [2.05, 4.69) is 21.2 Å². The van der Waals surface area contributed by atoms with Gasteiger partial charge in [-0.25, -0.2) is 0 Å². The highest BCUT2D eigenvalue weighted by atomic mass is 79.9. The van der Waals surface area contributed by atoms with Crippen molar-refractivity contribution in [3.05, 3.63) is 34.3 Å². The molecule has 0 aliphatic heterocycles. The summed E-state index contributed by atoms with van der Waals surface area (Å²) in [6.07, 6.45) is 0. The Morgan fingerprint density at radius 2 is 1.85 bits per heavy atom. The van der Waals surface area contributed by atoms with Crippen LogP contribution in [-0.4, -0.2) is 23.5 Å². The second-order valence-electron chi connectivity index (χ2n) is 6.01. The zero-order valence-corrected chi connectivity index (χ0v) is 13.7. The van der Waals surface area contributed by atoms with Crippen molar-refractivity contribution < 1.29 is 14.7 Å². The van der Waals surface area contributed by atoms with E-state index in [-0.39, 0.29) is 12.5 Å². The molecule has 0 fully saturated rings. The van der Waals surface area contributed by atoms with E-state index < -0.39 is 16.8 Å². The maximum absolute atomic E-state index is 12.3. The lowest BCUT2D eigenvalue weighted by Crippen LogP contribution is -2.45. The molecule has 0 bridgehead atoms. The molecule has 0 aliphatic rings. The van der Waals surface area contributed by atoms with Gasteiger partial charge in [0.05, 0.1) is 10.8 Å². The van der Waals surface area contributed by atoms with Crippen LogP contribution in [0.15, 0.2) is 28.7 Å². The van der Waals surface area contributed by atoms with Crippen LogP contribution < -0.4 is 5.32 Å². The highest BCUT2D eigenvalue weighted by Crippen LogP contribution is 2.26. The topological polar surface area (TPSA) is 66.4 Å². The molecule has 1 amide bonds. The van der Waals surface area contributed by atoms with Crippen LogP contribution in [0, 0.1) is 5.41 Å². The van der Waals surface area contributed by atoms with Gasteiger partial charge in [0.25, 0.3) is 0 Å². The first-order valence-corrected chi connectivity index (χ1v) is 7.14. The molecule has 2 N–H and O–H groups in total. The third-order valence-electron chi connectivity index (χ3n) is 3.38. The molecule has 0 aromatic heterocycles. The van der Waals surface area contributed by atoms with Gasteiger partial charge in [0.15, 0.2) is 0 Å². The lowest BCUT2D eigenvalue weighted by atomic mass is 9.83.